The molecule has 0 radical (unpaired) electrons. The van der Waals surface area contributed by atoms with E-state index < -0.39 is 30.6 Å². The van der Waals surface area contributed by atoms with Crippen molar-refractivity contribution in [3.8, 4) is 0 Å². The summed E-state index contributed by atoms with van der Waals surface area (Å²) in [5.41, 5.74) is 0.305. The second kappa shape index (κ2) is 5.42. The molecule has 1 unspecified atom stereocenters. The fourth-order valence-electron chi connectivity index (χ4n) is 2.39. The molecule has 21 heavy (non-hydrogen) atoms. The highest BCUT2D eigenvalue weighted by atomic mass is 19.4. The lowest BCUT2D eigenvalue weighted by atomic mass is 10.1. The van der Waals surface area contributed by atoms with E-state index in [9.17, 15) is 22.8 Å². The summed E-state index contributed by atoms with van der Waals surface area (Å²) in [6.07, 6.45) is -2.90. The topological polar surface area (TPSA) is 53.8 Å². The highest BCUT2D eigenvalue weighted by Crippen LogP contribution is 2.24. The molecule has 1 aromatic heterocycles. The van der Waals surface area contributed by atoms with E-state index in [2.05, 4.69) is 0 Å². The first-order valence-electron chi connectivity index (χ1n) is 6.37. The van der Waals surface area contributed by atoms with E-state index in [1.165, 1.54) is 24.3 Å². The summed E-state index contributed by atoms with van der Waals surface area (Å²) in [6, 6.07) is 0.607. The van der Waals surface area contributed by atoms with Gasteiger partial charge in [0.1, 0.15) is 18.3 Å². The smallest absolute Gasteiger partial charge is 0.406 e. The number of amides is 2. The summed E-state index contributed by atoms with van der Waals surface area (Å²) in [4.78, 5) is 26.1. The van der Waals surface area contributed by atoms with Crippen LogP contribution in [0.3, 0.4) is 0 Å². The zero-order chi connectivity index (χ0) is 15.8. The molecule has 1 fully saturated rings. The van der Waals surface area contributed by atoms with Crippen LogP contribution in [0.25, 0.3) is 0 Å². The van der Waals surface area contributed by atoms with Gasteiger partial charge in [0, 0.05) is 13.6 Å². The van der Waals surface area contributed by atoms with Gasteiger partial charge >= 0.3 is 6.18 Å². The summed E-state index contributed by atoms with van der Waals surface area (Å²) in [7, 11) is 1.41. The predicted molar refractivity (Wildman–Crippen MR) is 66.6 cm³/mol. The molecule has 0 spiro atoms. The minimum atomic E-state index is -4.44. The molecule has 2 heterocycles. The molecule has 2 rings (SSSR count). The molecule has 8 heteroatoms. The molecule has 0 bridgehead atoms. The number of likely N-dealkylation sites (tertiary alicyclic amines) is 1. The average molecular weight is 304 g/mol. The number of hydrogen-bond donors (Lipinski definition) is 0. The Morgan fingerprint density at radius 3 is 2.71 bits per heavy atom. The molecule has 1 aromatic rings. The third kappa shape index (κ3) is 3.20. The van der Waals surface area contributed by atoms with Gasteiger partial charge in [0.25, 0.3) is 5.91 Å². The molecule has 1 atom stereocenters. The number of nitrogens with zero attached hydrogens (tertiary/aromatic N) is 2. The molecular formula is C13H15F3N2O3. The van der Waals surface area contributed by atoms with Crippen molar-refractivity contribution >= 4 is 11.8 Å². The van der Waals surface area contributed by atoms with E-state index in [1.54, 1.807) is 6.92 Å². The molecule has 0 saturated carbocycles. The summed E-state index contributed by atoms with van der Waals surface area (Å²) in [5, 5.41) is 0. The van der Waals surface area contributed by atoms with Crippen LogP contribution >= 0.6 is 0 Å². The Bertz CT molecular complexity index is 553. The standard InChI is InChI=1S/C13H15F3N2O3/c1-8-9(4-6-21-8)11(19)17(2)10-3-5-18(12(10)20)7-13(14,15)16/h4,6,10H,3,5,7H2,1-2H3. The van der Waals surface area contributed by atoms with Crippen LogP contribution in [0.2, 0.25) is 0 Å². The van der Waals surface area contributed by atoms with Gasteiger partial charge in [-0.05, 0) is 19.4 Å². The Morgan fingerprint density at radius 1 is 1.52 bits per heavy atom. The average Bonchev–Trinajstić information content (AvgIpc) is 2.94. The van der Waals surface area contributed by atoms with E-state index in [-0.39, 0.29) is 13.0 Å². The molecule has 0 aliphatic carbocycles. The van der Waals surface area contributed by atoms with Crippen molar-refractivity contribution in [2.24, 2.45) is 0 Å². The van der Waals surface area contributed by atoms with Crippen LogP contribution in [0.4, 0.5) is 13.2 Å². The van der Waals surface area contributed by atoms with Gasteiger partial charge in [-0.3, -0.25) is 9.59 Å². The number of rotatable bonds is 3. The van der Waals surface area contributed by atoms with Crippen LogP contribution in [0.1, 0.15) is 22.5 Å². The monoisotopic (exact) mass is 304 g/mol. The molecular weight excluding hydrogens is 289 g/mol. The summed E-state index contributed by atoms with van der Waals surface area (Å²) < 4.78 is 42.1. The Kier molecular flexibility index (Phi) is 3.97. The third-order valence-corrected chi connectivity index (χ3v) is 3.52. The lowest BCUT2D eigenvalue weighted by molar-refractivity contribution is -0.158. The minimum Gasteiger partial charge on any atom is -0.469 e. The van der Waals surface area contributed by atoms with Gasteiger partial charge in [0.15, 0.2) is 0 Å². The summed E-state index contributed by atoms with van der Waals surface area (Å²) in [6.45, 7) is 0.313. The molecule has 2 amide bonds. The number of likely N-dealkylation sites (N-methyl/N-ethyl adjacent to an activating group) is 1. The normalized spacial score (nSPS) is 19.2. The van der Waals surface area contributed by atoms with E-state index >= 15 is 0 Å². The van der Waals surface area contributed by atoms with Gasteiger partial charge in [-0.15, -0.1) is 0 Å². The van der Waals surface area contributed by atoms with Crippen LogP contribution in [0.15, 0.2) is 16.7 Å². The van der Waals surface area contributed by atoms with E-state index in [4.69, 9.17) is 4.42 Å². The molecule has 1 saturated heterocycles. The van der Waals surface area contributed by atoms with Crippen LogP contribution in [-0.2, 0) is 4.79 Å². The lowest BCUT2D eigenvalue weighted by Crippen LogP contribution is -2.44. The maximum atomic E-state index is 12.4. The molecule has 0 N–H and O–H groups in total. The van der Waals surface area contributed by atoms with Gasteiger partial charge in [-0.2, -0.15) is 13.2 Å². The zero-order valence-electron chi connectivity index (χ0n) is 11.6. The van der Waals surface area contributed by atoms with E-state index in [0.717, 1.165) is 4.90 Å². The zero-order valence-corrected chi connectivity index (χ0v) is 11.6. The van der Waals surface area contributed by atoms with E-state index in [0.29, 0.717) is 11.3 Å². The molecule has 5 nitrogen and oxygen atoms in total. The molecule has 1 aliphatic heterocycles. The number of hydrogen-bond acceptors (Lipinski definition) is 3. The first-order chi connectivity index (χ1) is 9.70. The summed E-state index contributed by atoms with van der Waals surface area (Å²) in [5.74, 6) is -0.706. The molecule has 116 valence electrons. The van der Waals surface area contributed by atoms with Crippen molar-refractivity contribution in [2.75, 3.05) is 20.1 Å². The van der Waals surface area contributed by atoms with Crippen molar-refractivity contribution in [3.05, 3.63) is 23.7 Å². The van der Waals surface area contributed by atoms with Crippen LogP contribution in [0.5, 0.6) is 0 Å². The van der Waals surface area contributed by atoms with Gasteiger partial charge < -0.3 is 14.2 Å². The lowest BCUT2D eigenvalue weighted by Gasteiger charge is -2.24. The Hall–Kier alpha value is -1.99. The minimum absolute atomic E-state index is 0.00893. The van der Waals surface area contributed by atoms with Crippen molar-refractivity contribution in [1.29, 1.82) is 0 Å². The van der Waals surface area contributed by atoms with Gasteiger partial charge in [-0.25, -0.2) is 0 Å². The number of carbonyl (C=O) groups excluding carboxylic acids is 2. The highest BCUT2D eigenvalue weighted by molar-refractivity contribution is 5.98. The van der Waals surface area contributed by atoms with Crippen LogP contribution in [-0.4, -0.2) is 54.0 Å². The van der Waals surface area contributed by atoms with Gasteiger partial charge in [0.05, 0.1) is 11.8 Å². The summed E-state index contributed by atoms with van der Waals surface area (Å²) >= 11 is 0. The van der Waals surface area contributed by atoms with Crippen molar-refractivity contribution in [1.82, 2.24) is 9.80 Å². The van der Waals surface area contributed by atoms with Gasteiger partial charge in [-0.1, -0.05) is 0 Å². The van der Waals surface area contributed by atoms with Gasteiger partial charge in [0.2, 0.25) is 5.91 Å². The van der Waals surface area contributed by atoms with E-state index in [1.807, 2.05) is 0 Å². The maximum absolute atomic E-state index is 12.4. The predicted octanol–water partition coefficient (Wildman–Crippen LogP) is 1.82. The van der Waals surface area contributed by atoms with Crippen LogP contribution < -0.4 is 0 Å². The number of carbonyl (C=O) groups is 2. The highest BCUT2D eigenvalue weighted by Gasteiger charge is 2.42. The first-order valence-corrected chi connectivity index (χ1v) is 6.37. The van der Waals surface area contributed by atoms with Crippen molar-refractivity contribution in [2.45, 2.75) is 25.6 Å². The van der Waals surface area contributed by atoms with Crippen molar-refractivity contribution < 1.29 is 27.2 Å². The Labute approximate surface area is 119 Å². The number of halogens is 3. The van der Waals surface area contributed by atoms with Crippen LogP contribution in [0, 0.1) is 6.92 Å². The Balaban J connectivity index is 2.08. The number of alkyl halides is 3. The Morgan fingerprint density at radius 2 is 2.19 bits per heavy atom. The molecule has 0 aromatic carbocycles. The second-order valence-corrected chi connectivity index (χ2v) is 4.99. The number of aryl methyl sites for hydroxylation is 1. The fourth-order valence-corrected chi connectivity index (χ4v) is 2.39. The fraction of sp³-hybridized carbons (Fsp3) is 0.538. The SMILES string of the molecule is Cc1occc1C(=O)N(C)C1CCN(CC(F)(F)F)C1=O. The quantitative estimate of drug-likeness (QED) is 0.856. The third-order valence-electron chi connectivity index (χ3n) is 3.52. The number of furan rings is 1. The van der Waals surface area contributed by atoms with Crippen molar-refractivity contribution in [3.63, 3.8) is 0 Å². The maximum Gasteiger partial charge on any atom is 0.406 e. The molecule has 1 aliphatic rings. The first kappa shape index (κ1) is 15.4. The largest absolute Gasteiger partial charge is 0.469 e. The second-order valence-electron chi connectivity index (χ2n) is 4.99.